The molecule has 0 unspecified atom stereocenters. The van der Waals surface area contributed by atoms with Crippen LogP contribution in [0.1, 0.15) is 24.8 Å². The fraction of sp³-hybridized carbons (Fsp3) is 0.400. The van der Waals surface area contributed by atoms with Crippen LogP contribution in [-0.2, 0) is 14.8 Å². The maximum atomic E-state index is 13.1. The van der Waals surface area contributed by atoms with E-state index < -0.39 is 21.0 Å². The van der Waals surface area contributed by atoms with Crippen LogP contribution in [0.25, 0.3) is 17.0 Å². The van der Waals surface area contributed by atoms with Gasteiger partial charge in [-0.3, -0.25) is 9.20 Å². The normalized spacial score (nSPS) is 24.5. The lowest BCUT2D eigenvalue weighted by molar-refractivity contribution is -0.184. The van der Waals surface area contributed by atoms with E-state index in [-0.39, 0.29) is 16.8 Å². The summed E-state index contributed by atoms with van der Waals surface area (Å²) in [5.74, 6) is 0.704. The first-order chi connectivity index (χ1) is 14.5. The van der Waals surface area contributed by atoms with E-state index in [1.807, 2.05) is 6.92 Å². The average Bonchev–Trinajstić information content (AvgIpc) is 3.08. The molecule has 3 aliphatic rings. The van der Waals surface area contributed by atoms with Crippen molar-refractivity contribution < 1.29 is 13.2 Å². The van der Waals surface area contributed by atoms with Crippen LogP contribution in [0.2, 0.25) is 0 Å². The Kier molecular flexibility index (Phi) is 4.00. The molecule has 3 N–H and O–H groups in total. The number of nitrogen functional groups attached to an aromatic ring is 1. The minimum absolute atomic E-state index is 0.0698. The van der Waals surface area contributed by atoms with Crippen LogP contribution in [0.4, 0.5) is 5.95 Å². The molecule has 2 bridgehead atoms. The van der Waals surface area contributed by atoms with Crippen molar-refractivity contribution in [3.63, 3.8) is 0 Å². The Labute approximate surface area is 179 Å². The van der Waals surface area contributed by atoms with Crippen LogP contribution in [-0.4, -0.2) is 58.2 Å². The zero-order valence-electron chi connectivity index (χ0n) is 17.5. The number of amides is 1. The van der Waals surface area contributed by atoms with Crippen LogP contribution in [0, 0.1) is 12.3 Å². The molecule has 6 rings (SSSR count). The molecule has 31 heavy (non-hydrogen) atoms. The van der Waals surface area contributed by atoms with Gasteiger partial charge in [0.25, 0.3) is 0 Å². The van der Waals surface area contributed by atoms with Gasteiger partial charge in [0.15, 0.2) is 0 Å². The van der Waals surface area contributed by atoms with Gasteiger partial charge >= 0.3 is 0 Å². The predicted molar refractivity (Wildman–Crippen MR) is 113 cm³/mol. The van der Waals surface area contributed by atoms with E-state index in [0.717, 1.165) is 5.56 Å². The van der Waals surface area contributed by atoms with E-state index in [1.54, 1.807) is 47.8 Å². The third kappa shape index (κ3) is 2.91. The molecule has 0 spiro atoms. The van der Waals surface area contributed by atoms with Gasteiger partial charge < -0.3 is 10.6 Å². The third-order valence-electron chi connectivity index (χ3n) is 6.33. The number of carbonyl (C=O) groups excluding carboxylic acids is 1. The Morgan fingerprint density at radius 2 is 1.94 bits per heavy atom. The van der Waals surface area contributed by atoms with Gasteiger partial charge in [-0.2, -0.15) is 0 Å². The van der Waals surface area contributed by atoms with Gasteiger partial charge in [-0.1, -0.05) is 6.07 Å². The zero-order valence-corrected chi connectivity index (χ0v) is 18.3. The van der Waals surface area contributed by atoms with Crippen LogP contribution in [0.5, 0.6) is 0 Å². The van der Waals surface area contributed by atoms with E-state index in [0.29, 0.717) is 36.3 Å². The predicted octanol–water partition coefficient (Wildman–Crippen LogP) is 0.971. The highest BCUT2D eigenvalue weighted by Crippen LogP contribution is 2.68. The summed E-state index contributed by atoms with van der Waals surface area (Å²) in [4.78, 5) is 26.5. The summed E-state index contributed by atoms with van der Waals surface area (Å²) in [6.45, 7) is 1.88. The minimum atomic E-state index is -3.76. The van der Waals surface area contributed by atoms with Crippen molar-refractivity contribution in [2.24, 2.45) is 5.41 Å². The smallest absolute Gasteiger partial charge is 0.241 e. The van der Waals surface area contributed by atoms with Gasteiger partial charge in [-0.25, -0.2) is 28.1 Å². The van der Waals surface area contributed by atoms with E-state index in [2.05, 4.69) is 19.7 Å². The topological polar surface area (TPSA) is 136 Å². The molecule has 0 atom stereocenters. The van der Waals surface area contributed by atoms with Crippen molar-refractivity contribution >= 4 is 27.7 Å². The number of nitrogens with one attached hydrogen (secondary N) is 1. The van der Waals surface area contributed by atoms with E-state index in [9.17, 15) is 13.2 Å². The number of fused-ring (bicyclic) bond motifs is 1. The Bertz CT molecular complexity index is 1330. The van der Waals surface area contributed by atoms with Crippen molar-refractivity contribution in [3.8, 4) is 11.3 Å². The quantitative estimate of drug-likeness (QED) is 0.602. The number of anilines is 1. The first-order valence-corrected chi connectivity index (χ1v) is 11.3. The fourth-order valence-electron chi connectivity index (χ4n) is 4.95. The van der Waals surface area contributed by atoms with E-state index in [1.165, 1.54) is 6.33 Å². The fourth-order valence-corrected chi connectivity index (χ4v) is 6.37. The number of aryl methyl sites for hydroxylation is 1. The van der Waals surface area contributed by atoms with Crippen molar-refractivity contribution in [3.05, 3.63) is 36.3 Å². The maximum Gasteiger partial charge on any atom is 0.241 e. The van der Waals surface area contributed by atoms with Crippen LogP contribution in [0.3, 0.4) is 0 Å². The van der Waals surface area contributed by atoms with Crippen LogP contribution < -0.4 is 10.5 Å². The summed E-state index contributed by atoms with van der Waals surface area (Å²) in [5, 5.41) is 0. The molecule has 2 heterocycles. The van der Waals surface area contributed by atoms with E-state index in [4.69, 9.17) is 5.73 Å². The van der Waals surface area contributed by atoms with Gasteiger partial charge in [0.05, 0.1) is 16.0 Å². The summed E-state index contributed by atoms with van der Waals surface area (Å²) in [7, 11) is -0.305. The zero-order chi connectivity index (χ0) is 22.2. The second-order valence-electron chi connectivity index (χ2n) is 8.90. The molecule has 10 nitrogen and oxygen atoms in total. The number of hydrogen-bond donors (Lipinski definition) is 2. The second-order valence-corrected chi connectivity index (χ2v) is 10.6. The second kappa shape index (κ2) is 6.24. The molecule has 3 fully saturated rings. The number of imidazole rings is 1. The lowest BCUT2D eigenvalue weighted by Crippen LogP contribution is -2.78. The largest absolute Gasteiger partial charge is 0.369 e. The first kappa shape index (κ1) is 19.9. The number of rotatable bonds is 5. The van der Waals surface area contributed by atoms with Crippen LogP contribution >= 0.6 is 0 Å². The molecule has 3 aromatic rings. The average molecular weight is 442 g/mol. The number of nitrogens with two attached hydrogens (primary N) is 1. The molecule has 2 aromatic heterocycles. The Morgan fingerprint density at radius 1 is 1.23 bits per heavy atom. The lowest BCUT2D eigenvalue weighted by atomic mass is 9.39. The standard InChI is InChI=1S/C20H23N7O3S/c1-12-4-5-13(6-14(12)15-7-27-17(21)22-11-23-18(27)24-15)31(29,30)25-20-8-19(9-20,10-20)16(28)26(2)3/h4-7,11,25H,8-10H2,1-3H3,(H2,21,22,23,24). The molecule has 11 heteroatoms. The van der Waals surface area contributed by atoms with Gasteiger partial charge in [0, 0.05) is 31.4 Å². The summed E-state index contributed by atoms with van der Waals surface area (Å²) in [6.07, 6.45) is 4.64. The lowest BCUT2D eigenvalue weighted by Gasteiger charge is -2.69. The van der Waals surface area contributed by atoms with Crippen molar-refractivity contribution in [2.75, 3.05) is 19.8 Å². The van der Waals surface area contributed by atoms with Gasteiger partial charge in [-0.15, -0.1) is 0 Å². The highest BCUT2D eigenvalue weighted by Gasteiger charge is 2.72. The van der Waals surface area contributed by atoms with Gasteiger partial charge in [0.2, 0.25) is 27.7 Å². The van der Waals surface area contributed by atoms with Gasteiger partial charge in [0.1, 0.15) is 6.33 Å². The molecule has 0 radical (unpaired) electrons. The SMILES string of the molecule is Cc1ccc(S(=O)(=O)NC23CC(C(=O)N(C)C)(C2)C3)cc1-c1cn2c(N)ncnc2n1. The van der Waals surface area contributed by atoms with Gasteiger partial charge in [-0.05, 0) is 43.9 Å². The van der Waals surface area contributed by atoms with Crippen molar-refractivity contribution in [1.29, 1.82) is 0 Å². The Hall–Kier alpha value is -3.05. The summed E-state index contributed by atoms with van der Waals surface area (Å²) < 4.78 is 30.6. The number of benzene rings is 1. The highest BCUT2D eigenvalue weighted by molar-refractivity contribution is 7.89. The van der Waals surface area contributed by atoms with Crippen molar-refractivity contribution in [2.45, 2.75) is 36.6 Å². The number of aromatic nitrogens is 4. The minimum Gasteiger partial charge on any atom is -0.369 e. The number of sulfonamides is 1. The number of hydrogen-bond acceptors (Lipinski definition) is 7. The Morgan fingerprint density at radius 3 is 2.58 bits per heavy atom. The molecule has 3 saturated carbocycles. The van der Waals surface area contributed by atoms with E-state index >= 15 is 0 Å². The molecule has 1 amide bonds. The molecule has 0 saturated heterocycles. The third-order valence-corrected chi connectivity index (χ3v) is 7.91. The van der Waals surface area contributed by atoms with Crippen molar-refractivity contribution in [1.82, 2.24) is 29.0 Å². The summed E-state index contributed by atoms with van der Waals surface area (Å²) in [5.41, 5.74) is 7.04. The molecule has 3 aliphatic carbocycles. The number of carbonyl (C=O) groups is 1. The Balaban J connectivity index is 1.42. The molecular weight excluding hydrogens is 418 g/mol. The molecule has 0 aliphatic heterocycles. The molecular formula is C20H23N7O3S. The van der Waals surface area contributed by atoms with Crippen LogP contribution in [0.15, 0.2) is 35.6 Å². The summed E-state index contributed by atoms with van der Waals surface area (Å²) in [6, 6.07) is 4.94. The first-order valence-electron chi connectivity index (χ1n) is 9.87. The number of nitrogens with zero attached hydrogens (tertiary/aromatic N) is 5. The molecule has 1 aromatic carbocycles. The highest BCUT2D eigenvalue weighted by atomic mass is 32.2. The molecule has 162 valence electrons. The monoisotopic (exact) mass is 441 g/mol. The summed E-state index contributed by atoms with van der Waals surface area (Å²) >= 11 is 0. The maximum absolute atomic E-state index is 13.1.